The van der Waals surface area contributed by atoms with Crippen LogP contribution in [0.1, 0.15) is 31.4 Å². The summed E-state index contributed by atoms with van der Waals surface area (Å²) in [5, 5.41) is 3.35. The minimum atomic E-state index is 0.0104. The van der Waals surface area contributed by atoms with E-state index in [0.717, 1.165) is 38.0 Å². The Morgan fingerprint density at radius 1 is 1.42 bits per heavy atom. The Labute approximate surface area is 115 Å². The van der Waals surface area contributed by atoms with Gasteiger partial charge >= 0.3 is 0 Å². The number of hydrogen-bond acceptors (Lipinski definition) is 3. The summed E-state index contributed by atoms with van der Waals surface area (Å²) in [5.74, 6) is 0.220. The van der Waals surface area contributed by atoms with E-state index in [1.165, 1.54) is 12.8 Å². The zero-order valence-corrected chi connectivity index (χ0v) is 11.6. The predicted octanol–water partition coefficient (Wildman–Crippen LogP) is 1.61. The lowest BCUT2D eigenvalue weighted by Gasteiger charge is -2.23. The van der Waals surface area contributed by atoms with Gasteiger partial charge in [-0.3, -0.25) is 9.78 Å². The highest BCUT2D eigenvalue weighted by atomic mass is 16.2. The maximum Gasteiger partial charge on any atom is 0.239 e. The third kappa shape index (κ3) is 4.31. The molecule has 0 saturated carbocycles. The third-order valence-corrected chi connectivity index (χ3v) is 3.66. The molecule has 1 atom stereocenters. The second-order valence-electron chi connectivity index (χ2n) is 5.19. The predicted molar refractivity (Wildman–Crippen MR) is 75.8 cm³/mol. The number of pyridine rings is 1. The first kappa shape index (κ1) is 14.0. The molecule has 1 aromatic heterocycles. The van der Waals surface area contributed by atoms with Gasteiger partial charge in [0.15, 0.2) is 0 Å². The van der Waals surface area contributed by atoms with Crippen LogP contribution in [0.4, 0.5) is 0 Å². The van der Waals surface area contributed by atoms with Crippen LogP contribution in [0.5, 0.6) is 0 Å². The lowest BCUT2D eigenvalue weighted by molar-refractivity contribution is -0.132. The minimum Gasteiger partial charge on any atom is -0.344 e. The van der Waals surface area contributed by atoms with Gasteiger partial charge in [-0.25, -0.2) is 0 Å². The molecule has 0 radical (unpaired) electrons. The number of amides is 1. The zero-order chi connectivity index (χ0) is 13.5. The van der Waals surface area contributed by atoms with E-state index in [0.29, 0.717) is 0 Å². The summed E-state index contributed by atoms with van der Waals surface area (Å²) < 4.78 is 0. The molecule has 1 fully saturated rings. The Bertz CT molecular complexity index is 386. The summed E-state index contributed by atoms with van der Waals surface area (Å²) in [6, 6.07) is 5.91. The number of carbonyl (C=O) groups excluding carboxylic acids is 1. The maximum atomic E-state index is 12.3. The minimum absolute atomic E-state index is 0.0104. The molecule has 1 amide bonds. The van der Waals surface area contributed by atoms with E-state index in [-0.39, 0.29) is 11.9 Å². The van der Waals surface area contributed by atoms with Crippen molar-refractivity contribution in [2.24, 2.45) is 0 Å². The Kier molecular flexibility index (Phi) is 5.33. The Hall–Kier alpha value is -1.42. The number of hydrogen-bond donors (Lipinski definition) is 1. The molecule has 0 bridgehead atoms. The van der Waals surface area contributed by atoms with Crippen LogP contribution in [0.3, 0.4) is 0 Å². The summed E-state index contributed by atoms with van der Waals surface area (Å²) in [7, 11) is 1.89. The second-order valence-corrected chi connectivity index (χ2v) is 5.19. The summed E-state index contributed by atoms with van der Waals surface area (Å²) in [6.45, 7) is 1.69. The standard InChI is InChI=1S/C15H23N3O/c1-18(12-9-13-7-4-6-10-16-13)15(19)14-8-3-2-5-11-17-14/h4,6-7,10,14,17H,2-3,5,8-9,11-12H2,1H3. The van der Waals surface area contributed by atoms with E-state index in [4.69, 9.17) is 0 Å². The molecule has 1 aliphatic heterocycles. The van der Waals surface area contributed by atoms with Crippen molar-refractivity contribution in [3.63, 3.8) is 0 Å². The highest BCUT2D eigenvalue weighted by Crippen LogP contribution is 2.10. The van der Waals surface area contributed by atoms with Crippen molar-refractivity contribution in [3.05, 3.63) is 30.1 Å². The number of carbonyl (C=O) groups is 1. The van der Waals surface area contributed by atoms with Gasteiger partial charge in [0.25, 0.3) is 0 Å². The lowest BCUT2D eigenvalue weighted by Crippen LogP contribution is -2.45. The number of nitrogens with one attached hydrogen (secondary N) is 1. The monoisotopic (exact) mass is 261 g/mol. The number of rotatable bonds is 4. The quantitative estimate of drug-likeness (QED) is 0.895. The largest absolute Gasteiger partial charge is 0.344 e. The summed E-state index contributed by atoms with van der Waals surface area (Å²) in [6.07, 6.45) is 7.14. The SMILES string of the molecule is CN(CCc1ccccn1)C(=O)C1CCCCCN1. The van der Waals surface area contributed by atoms with Crippen molar-refractivity contribution in [2.45, 2.75) is 38.1 Å². The van der Waals surface area contributed by atoms with E-state index in [2.05, 4.69) is 10.3 Å². The van der Waals surface area contributed by atoms with Crippen LogP contribution in [-0.2, 0) is 11.2 Å². The molecule has 1 N–H and O–H groups in total. The highest BCUT2D eigenvalue weighted by molar-refractivity contribution is 5.81. The smallest absolute Gasteiger partial charge is 0.239 e. The van der Waals surface area contributed by atoms with Crippen molar-refractivity contribution >= 4 is 5.91 Å². The Morgan fingerprint density at radius 3 is 3.11 bits per heavy atom. The summed E-state index contributed by atoms with van der Waals surface area (Å²) in [4.78, 5) is 18.4. The van der Waals surface area contributed by atoms with Gasteiger partial charge in [-0.1, -0.05) is 18.9 Å². The van der Waals surface area contributed by atoms with Crippen LogP contribution >= 0.6 is 0 Å². The lowest BCUT2D eigenvalue weighted by atomic mass is 10.1. The summed E-state index contributed by atoms with van der Waals surface area (Å²) >= 11 is 0. The zero-order valence-electron chi connectivity index (χ0n) is 11.6. The van der Waals surface area contributed by atoms with Gasteiger partial charge in [0.2, 0.25) is 5.91 Å². The molecule has 1 aliphatic rings. The molecule has 104 valence electrons. The van der Waals surface area contributed by atoms with Gasteiger partial charge in [-0.2, -0.15) is 0 Å². The van der Waals surface area contributed by atoms with E-state index in [9.17, 15) is 4.79 Å². The van der Waals surface area contributed by atoms with Crippen LogP contribution in [0, 0.1) is 0 Å². The first-order chi connectivity index (χ1) is 9.27. The van der Waals surface area contributed by atoms with Crippen LogP contribution in [0.25, 0.3) is 0 Å². The first-order valence-corrected chi connectivity index (χ1v) is 7.15. The second kappa shape index (κ2) is 7.24. The molecule has 1 unspecified atom stereocenters. The molecule has 2 rings (SSSR count). The van der Waals surface area contributed by atoms with Crippen molar-refractivity contribution < 1.29 is 4.79 Å². The molecular formula is C15H23N3O. The molecule has 2 heterocycles. The average Bonchev–Trinajstić information content (AvgIpc) is 2.74. The molecule has 1 saturated heterocycles. The fraction of sp³-hybridized carbons (Fsp3) is 0.600. The van der Waals surface area contributed by atoms with E-state index >= 15 is 0 Å². The van der Waals surface area contributed by atoms with Gasteiger partial charge < -0.3 is 10.2 Å². The van der Waals surface area contributed by atoms with Gasteiger partial charge in [0, 0.05) is 31.9 Å². The van der Waals surface area contributed by atoms with Crippen LogP contribution in [-0.4, -0.2) is 42.0 Å². The fourth-order valence-corrected chi connectivity index (χ4v) is 2.44. The molecule has 4 nitrogen and oxygen atoms in total. The molecule has 19 heavy (non-hydrogen) atoms. The number of likely N-dealkylation sites (N-methyl/N-ethyl adjacent to an activating group) is 1. The first-order valence-electron chi connectivity index (χ1n) is 7.15. The van der Waals surface area contributed by atoms with Gasteiger partial charge in [-0.15, -0.1) is 0 Å². The number of nitrogens with zero attached hydrogens (tertiary/aromatic N) is 2. The summed E-state index contributed by atoms with van der Waals surface area (Å²) in [5.41, 5.74) is 1.04. The van der Waals surface area contributed by atoms with Crippen LogP contribution < -0.4 is 5.32 Å². The number of aromatic nitrogens is 1. The molecule has 0 aliphatic carbocycles. The molecule has 0 spiro atoms. The van der Waals surface area contributed by atoms with Crippen molar-refractivity contribution in [2.75, 3.05) is 20.1 Å². The van der Waals surface area contributed by atoms with Crippen LogP contribution in [0.2, 0.25) is 0 Å². The van der Waals surface area contributed by atoms with Crippen molar-refractivity contribution in [1.82, 2.24) is 15.2 Å². The molecular weight excluding hydrogens is 238 g/mol. The van der Waals surface area contributed by atoms with E-state index in [1.54, 1.807) is 6.20 Å². The van der Waals surface area contributed by atoms with E-state index in [1.807, 2.05) is 30.1 Å². The Morgan fingerprint density at radius 2 is 2.32 bits per heavy atom. The van der Waals surface area contributed by atoms with E-state index < -0.39 is 0 Å². The third-order valence-electron chi connectivity index (χ3n) is 3.66. The molecule has 0 aromatic carbocycles. The average molecular weight is 261 g/mol. The maximum absolute atomic E-state index is 12.3. The highest BCUT2D eigenvalue weighted by Gasteiger charge is 2.22. The van der Waals surface area contributed by atoms with Crippen molar-refractivity contribution in [1.29, 1.82) is 0 Å². The normalized spacial score (nSPS) is 19.7. The molecule has 1 aromatic rings. The van der Waals surface area contributed by atoms with Crippen LogP contribution in [0.15, 0.2) is 24.4 Å². The van der Waals surface area contributed by atoms with Gasteiger partial charge in [0.1, 0.15) is 0 Å². The molecule has 4 heteroatoms. The van der Waals surface area contributed by atoms with Crippen molar-refractivity contribution in [3.8, 4) is 0 Å². The van der Waals surface area contributed by atoms with Gasteiger partial charge in [-0.05, 0) is 31.5 Å². The van der Waals surface area contributed by atoms with Gasteiger partial charge in [0.05, 0.1) is 6.04 Å². The topological polar surface area (TPSA) is 45.2 Å². The fourth-order valence-electron chi connectivity index (χ4n) is 2.44. The Balaban J connectivity index is 1.81.